The summed E-state index contributed by atoms with van der Waals surface area (Å²) in [5, 5.41) is 6.12. The predicted octanol–water partition coefficient (Wildman–Crippen LogP) is 2.27. The zero-order chi connectivity index (χ0) is 17.9. The van der Waals surface area contributed by atoms with Crippen LogP contribution in [0.1, 0.15) is 43.0 Å². The maximum Gasteiger partial charge on any atom is 0.253 e. The van der Waals surface area contributed by atoms with Gasteiger partial charge >= 0.3 is 0 Å². The first-order valence-corrected chi connectivity index (χ1v) is 9.18. The van der Waals surface area contributed by atoms with Crippen LogP contribution in [0.25, 0.3) is 0 Å². The quantitative estimate of drug-likeness (QED) is 0.672. The molecule has 0 bridgehead atoms. The summed E-state index contributed by atoms with van der Waals surface area (Å²) in [5.41, 5.74) is 1.67. The van der Waals surface area contributed by atoms with Gasteiger partial charge in [-0.2, -0.15) is 0 Å². The number of benzene rings is 1. The number of piperidine rings is 1. The Hall–Kier alpha value is -2.08. The molecule has 6 nitrogen and oxygen atoms in total. The number of likely N-dealkylation sites (tertiary alicyclic amines) is 1. The van der Waals surface area contributed by atoms with Crippen molar-refractivity contribution >= 4 is 17.5 Å². The smallest absolute Gasteiger partial charge is 0.253 e. The Morgan fingerprint density at radius 3 is 2.72 bits per heavy atom. The Kier molecular flexibility index (Phi) is 8.25. The number of anilines is 1. The fraction of sp³-hybridized carbons (Fsp3) is 0.579. The van der Waals surface area contributed by atoms with E-state index in [4.69, 9.17) is 4.74 Å². The van der Waals surface area contributed by atoms with E-state index >= 15 is 0 Å². The molecule has 1 heterocycles. The Morgan fingerprint density at radius 1 is 1.16 bits per heavy atom. The van der Waals surface area contributed by atoms with Crippen LogP contribution in [0.3, 0.4) is 0 Å². The van der Waals surface area contributed by atoms with Gasteiger partial charge in [-0.3, -0.25) is 9.59 Å². The normalized spacial score (nSPS) is 14.2. The van der Waals surface area contributed by atoms with Crippen molar-refractivity contribution in [2.75, 3.05) is 44.7 Å². The van der Waals surface area contributed by atoms with Crippen LogP contribution >= 0.6 is 0 Å². The summed E-state index contributed by atoms with van der Waals surface area (Å²) >= 11 is 0. The van der Waals surface area contributed by atoms with E-state index < -0.39 is 0 Å². The topological polar surface area (TPSA) is 70.7 Å². The molecule has 2 N–H and O–H groups in total. The van der Waals surface area contributed by atoms with E-state index in [1.54, 1.807) is 0 Å². The third kappa shape index (κ3) is 6.74. The lowest BCUT2D eigenvalue weighted by Crippen LogP contribution is -2.35. The number of carbonyl (C=O) groups excluding carboxylic acids is 2. The SMILES string of the molecule is CCOCC(=O)NCCCNc1cccc(C(=O)N2CCCCC2)c1. The van der Waals surface area contributed by atoms with Gasteiger partial charge in [-0.25, -0.2) is 0 Å². The first kappa shape index (κ1) is 19.2. The molecule has 1 aliphatic heterocycles. The van der Waals surface area contributed by atoms with E-state index in [1.807, 2.05) is 36.1 Å². The van der Waals surface area contributed by atoms with Crippen LogP contribution in [0.5, 0.6) is 0 Å². The van der Waals surface area contributed by atoms with Crippen LogP contribution < -0.4 is 10.6 Å². The fourth-order valence-corrected chi connectivity index (χ4v) is 2.84. The molecule has 0 saturated carbocycles. The molecule has 1 saturated heterocycles. The van der Waals surface area contributed by atoms with Crippen molar-refractivity contribution < 1.29 is 14.3 Å². The summed E-state index contributed by atoms with van der Waals surface area (Å²) in [6.07, 6.45) is 4.21. The Labute approximate surface area is 149 Å². The van der Waals surface area contributed by atoms with Crippen LogP contribution in [-0.4, -0.2) is 56.1 Å². The summed E-state index contributed by atoms with van der Waals surface area (Å²) in [6.45, 7) is 5.57. The van der Waals surface area contributed by atoms with Crippen LogP contribution in [0.4, 0.5) is 5.69 Å². The van der Waals surface area contributed by atoms with Gasteiger partial charge in [-0.05, 0) is 50.8 Å². The van der Waals surface area contributed by atoms with E-state index in [0.29, 0.717) is 13.2 Å². The highest BCUT2D eigenvalue weighted by atomic mass is 16.5. The van der Waals surface area contributed by atoms with E-state index in [2.05, 4.69) is 10.6 Å². The summed E-state index contributed by atoms with van der Waals surface area (Å²) in [5.74, 6) is 0.0301. The van der Waals surface area contributed by atoms with E-state index in [-0.39, 0.29) is 18.4 Å². The van der Waals surface area contributed by atoms with Crippen LogP contribution in [-0.2, 0) is 9.53 Å². The molecule has 25 heavy (non-hydrogen) atoms. The zero-order valence-electron chi connectivity index (χ0n) is 15.1. The number of ether oxygens (including phenoxy) is 1. The van der Waals surface area contributed by atoms with Crippen molar-refractivity contribution in [3.8, 4) is 0 Å². The molecule has 0 aliphatic carbocycles. The lowest BCUT2D eigenvalue weighted by atomic mass is 10.1. The monoisotopic (exact) mass is 347 g/mol. The van der Waals surface area contributed by atoms with Crippen LogP contribution in [0.2, 0.25) is 0 Å². The molecule has 2 amide bonds. The van der Waals surface area contributed by atoms with Gasteiger partial charge in [-0.1, -0.05) is 6.07 Å². The third-order valence-electron chi connectivity index (χ3n) is 4.19. The van der Waals surface area contributed by atoms with Gasteiger partial charge in [0.1, 0.15) is 6.61 Å². The number of nitrogens with zero attached hydrogens (tertiary/aromatic N) is 1. The minimum atomic E-state index is -0.0871. The van der Waals surface area contributed by atoms with Crippen molar-refractivity contribution in [2.24, 2.45) is 0 Å². The first-order valence-electron chi connectivity index (χ1n) is 9.18. The molecule has 0 aromatic heterocycles. The van der Waals surface area contributed by atoms with Crippen LogP contribution in [0, 0.1) is 0 Å². The zero-order valence-corrected chi connectivity index (χ0v) is 15.1. The number of amides is 2. The van der Waals surface area contributed by atoms with Gasteiger partial charge in [0, 0.05) is 44.0 Å². The molecule has 1 aromatic carbocycles. The van der Waals surface area contributed by atoms with Crippen molar-refractivity contribution in [1.82, 2.24) is 10.2 Å². The molecule has 1 aliphatic rings. The van der Waals surface area contributed by atoms with Gasteiger partial charge in [0.25, 0.3) is 5.91 Å². The van der Waals surface area contributed by atoms with Crippen molar-refractivity contribution in [3.63, 3.8) is 0 Å². The minimum Gasteiger partial charge on any atom is -0.385 e. The van der Waals surface area contributed by atoms with Gasteiger partial charge in [0.05, 0.1) is 0 Å². The van der Waals surface area contributed by atoms with Gasteiger partial charge < -0.3 is 20.3 Å². The second kappa shape index (κ2) is 10.7. The fourth-order valence-electron chi connectivity index (χ4n) is 2.84. The molecule has 6 heteroatoms. The number of rotatable bonds is 9. The number of nitrogens with one attached hydrogen (secondary N) is 2. The molecule has 1 fully saturated rings. The standard InChI is InChI=1S/C19H29N3O3/c1-2-25-15-18(23)21-11-7-10-20-17-9-6-8-16(14-17)19(24)22-12-4-3-5-13-22/h6,8-9,14,20H,2-5,7,10-13,15H2,1H3,(H,21,23). The highest BCUT2D eigenvalue weighted by molar-refractivity contribution is 5.95. The molecular formula is C19H29N3O3. The van der Waals surface area contributed by atoms with Crippen molar-refractivity contribution in [2.45, 2.75) is 32.6 Å². The number of hydrogen-bond donors (Lipinski definition) is 2. The largest absolute Gasteiger partial charge is 0.385 e. The number of hydrogen-bond acceptors (Lipinski definition) is 4. The highest BCUT2D eigenvalue weighted by Gasteiger charge is 2.18. The lowest BCUT2D eigenvalue weighted by molar-refractivity contribution is -0.125. The highest BCUT2D eigenvalue weighted by Crippen LogP contribution is 2.16. The Balaban J connectivity index is 1.72. The maximum atomic E-state index is 12.5. The van der Waals surface area contributed by atoms with Gasteiger partial charge in [0.15, 0.2) is 0 Å². The molecule has 138 valence electrons. The van der Waals surface area contributed by atoms with Crippen molar-refractivity contribution in [3.05, 3.63) is 29.8 Å². The second-order valence-corrected chi connectivity index (χ2v) is 6.20. The molecular weight excluding hydrogens is 318 g/mol. The molecule has 0 radical (unpaired) electrons. The molecule has 0 spiro atoms. The summed E-state index contributed by atoms with van der Waals surface area (Å²) in [7, 11) is 0. The third-order valence-corrected chi connectivity index (χ3v) is 4.19. The lowest BCUT2D eigenvalue weighted by Gasteiger charge is -2.26. The summed E-state index contributed by atoms with van der Waals surface area (Å²) in [4.78, 5) is 25.9. The van der Waals surface area contributed by atoms with E-state index in [0.717, 1.165) is 50.1 Å². The molecule has 1 aromatic rings. The maximum absolute atomic E-state index is 12.5. The Bertz CT molecular complexity index is 557. The summed E-state index contributed by atoms with van der Waals surface area (Å²) in [6, 6.07) is 7.64. The van der Waals surface area contributed by atoms with Gasteiger partial charge in [-0.15, -0.1) is 0 Å². The van der Waals surface area contributed by atoms with Crippen LogP contribution in [0.15, 0.2) is 24.3 Å². The van der Waals surface area contributed by atoms with E-state index in [9.17, 15) is 9.59 Å². The van der Waals surface area contributed by atoms with Gasteiger partial charge in [0.2, 0.25) is 5.91 Å². The average Bonchev–Trinajstić information content (AvgIpc) is 2.66. The summed E-state index contributed by atoms with van der Waals surface area (Å²) < 4.78 is 5.04. The first-order chi connectivity index (χ1) is 12.2. The predicted molar refractivity (Wildman–Crippen MR) is 98.8 cm³/mol. The molecule has 2 rings (SSSR count). The molecule has 0 unspecified atom stereocenters. The second-order valence-electron chi connectivity index (χ2n) is 6.20. The number of carbonyl (C=O) groups is 2. The Morgan fingerprint density at radius 2 is 1.96 bits per heavy atom. The molecule has 0 atom stereocenters. The van der Waals surface area contributed by atoms with Crippen molar-refractivity contribution in [1.29, 1.82) is 0 Å². The average molecular weight is 347 g/mol. The van der Waals surface area contributed by atoms with E-state index in [1.165, 1.54) is 6.42 Å². The minimum absolute atomic E-state index is 0.0871.